The summed E-state index contributed by atoms with van der Waals surface area (Å²) < 4.78 is 1.10. The summed E-state index contributed by atoms with van der Waals surface area (Å²) in [6.07, 6.45) is 0. The highest BCUT2D eigenvalue weighted by Crippen LogP contribution is 2.21. The summed E-state index contributed by atoms with van der Waals surface area (Å²) in [5.41, 5.74) is 5.42. The Bertz CT molecular complexity index is 217. The van der Waals surface area contributed by atoms with E-state index in [-0.39, 0.29) is 0 Å². The van der Waals surface area contributed by atoms with Crippen LogP contribution in [0.5, 0.6) is 0 Å². The molecule has 0 bridgehead atoms. The first-order valence-electron chi connectivity index (χ1n) is 2.25. The van der Waals surface area contributed by atoms with Gasteiger partial charge in [-0.1, -0.05) is 11.6 Å². The van der Waals surface area contributed by atoms with E-state index in [4.69, 9.17) is 17.3 Å². The Hall–Kier alpha value is 0.380. The Morgan fingerprint density at radius 2 is 2.10 bits per heavy atom. The van der Waals surface area contributed by atoms with Crippen LogP contribution in [0.4, 0.5) is 5.82 Å². The minimum atomic E-state index is 0.332. The molecule has 0 fully saturated rings. The minimum absolute atomic E-state index is 0.332. The van der Waals surface area contributed by atoms with Gasteiger partial charge in [0.25, 0.3) is 0 Å². The molecule has 2 N–H and O–H groups in total. The maximum Gasteiger partial charge on any atom is 0.163 e. The van der Waals surface area contributed by atoms with E-state index in [1.54, 1.807) is 0 Å². The van der Waals surface area contributed by atoms with Gasteiger partial charge < -0.3 is 5.73 Å². The number of halogens is 3. The molecule has 0 aliphatic heterocycles. The summed E-state index contributed by atoms with van der Waals surface area (Å²) in [7, 11) is 0. The van der Waals surface area contributed by atoms with Crippen molar-refractivity contribution in [2.75, 3.05) is 5.73 Å². The van der Waals surface area contributed by atoms with Crippen molar-refractivity contribution in [2.45, 2.75) is 0 Å². The number of nitrogens with two attached hydrogens (primary N) is 1. The molecule has 0 saturated carbocycles. The molecule has 6 heteroatoms. The van der Waals surface area contributed by atoms with Crippen LogP contribution in [-0.4, -0.2) is 9.97 Å². The lowest BCUT2D eigenvalue weighted by atomic mass is 10.7. The van der Waals surface area contributed by atoms with Gasteiger partial charge in [0.2, 0.25) is 0 Å². The lowest BCUT2D eigenvalue weighted by Gasteiger charge is -1.97. The van der Waals surface area contributed by atoms with Gasteiger partial charge in [-0.05, 0) is 38.5 Å². The number of nitrogen functional groups attached to an aromatic ring is 1. The number of anilines is 1. The van der Waals surface area contributed by atoms with E-state index in [0.29, 0.717) is 19.3 Å². The summed E-state index contributed by atoms with van der Waals surface area (Å²) in [6.45, 7) is 0. The fraction of sp³-hybridized carbons (Fsp3) is 0. The fourth-order valence-corrected chi connectivity index (χ4v) is 1.30. The van der Waals surface area contributed by atoms with E-state index in [2.05, 4.69) is 25.9 Å². The molecule has 0 aliphatic rings. The summed E-state index contributed by atoms with van der Waals surface area (Å²) in [5.74, 6) is 0.386. The van der Waals surface area contributed by atoms with Crippen molar-refractivity contribution in [2.24, 2.45) is 0 Å². The molecule has 0 radical (unpaired) electrons. The van der Waals surface area contributed by atoms with E-state index in [1.807, 2.05) is 22.6 Å². The third-order valence-corrected chi connectivity index (χ3v) is 2.64. The van der Waals surface area contributed by atoms with Gasteiger partial charge in [0.05, 0.1) is 0 Å². The summed E-state index contributed by atoms with van der Waals surface area (Å²) >= 11 is 10.7. The molecule has 3 nitrogen and oxygen atoms in total. The molecule has 0 atom stereocenters. The molecule has 54 valence electrons. The minimum Gasteiger partial charge on any atom is -0.381 e. The predicted molar refractivity (Wildman–Crippen MR) is 51.9 cm³/mol. The molecular weight excluding hydrogens is 332 g/mol. The molecule has 10 heavy (non-hydrogen) atoms. The molecule has 0 aromatic carbocycles. The van der Waals surface area contributed by atoms with Crippen molar-refractivity contribution >= 4 is 55.9 Å². The van der Waals surface area contributed by atoms with Gasteiger partial charge >= 0.3 is 0 Å². The van der Waals surface area contributed by atoms with Gasteiger partial charge in [0.15, 0.2) is 11.0 Å². The standard InChI is InChI=1S/C4H2BrClIN3/c5-1-2(6)10-3(7)4(8)9-1/h(H2,8,9). The molecule has 0 aliphatic carbocycles. The van der Waals surface area contributed by atoms with Crippen molar-refractivity contribution in [1.29, 1.82) is 0 Å². The highest BCUT2D eigenvalue weighted by atomic mass is 127. The quantitative estimate of drug-likeness (QED) is 0.739. The highest BCUT2D eigenvalue weighted by molar-refractivity contribution is 14.1. The zero-order chi connectivity index (χ0) is 7.72. The van der Waals surface area contributed by atoms with E-state index in [0.717, 1.165) is 0 Å². The average molecular weight is 334 g/mol. The number of hydrogen-bond donors (Lipinski definition) is 1. The predicted octanol–water partition coefficient (Wildman–Crippen LogP) is 2.08. The van der Waals surface area contributed by atoms with Crippen LogP contribution < -0.4 is 5.73 Å². The lowest BCUT2D eigenvalue weighted by molar-refractivity contribution is 1.14. The Labute approximate surface area is 84.6 Å². The molecule has 1 aromatic heterocycles. The van der Waals surface area contributed by atoms with Crippen LogP contribution in [0.1, 0.15) is 0 Å². The SMILES string of the molecule is Nc1nc(Br)c(Cl)nc1I. The van der Waals surface area contributed by atoms with E-state index in [9.17, 15) is 0 Å². The third-order valence-electron chi connectivity index (χ3n) is 0.797. The average Bonchev–Trinajstić information content (AvgIpc) is 1.84. The maximum absolute atomic E-state index is 5.61. The third kappa shape index (κ3) is 1.70. The molecule has 0 unspecified atom stereocenters. The normalized spacial score (nSPS) is 9.90. The Morgan fingerprint density at radius 1 is 1.50 bits per heavy atom. The monoisotopic (exact) mass is 333 g/mol. The van der Waals surface area contributed by atoms with Gasteiger partial charge in [-0.3, -0.25) is 0 Å². The van der Waals surface area contributed by atoms with Gasteiger partial charge in [0, 0.05) is 0 Å². The van der Waals surface area contributed by atoms with Crippen LogP contribution in [0.3, 0.4) is 0 Å². The largest absolute Gasteiger partial charge is 0.381 e. The zero-order valence-electron chi connectivity index (χ0n) is 4.61. The molecule has 0 spiro atoms. The van der Waals surface area contributed by atoms with Gasteiger partial charge in [0.1, 0.15) is 8.30 Å². The second-order valence-corrected chi connectivity index (χ2v) is 3.61. The van der Waals surface area contributed by atoms with E-state index < -0.39 is 0 Å². The van der Waals surface area contributed by atoms with Crippen molar-refractivity contribution in [1.82, 2.24) is 9.97 Å². The Morgan fingerprint density at radius 3 is 2.60 bits per heavy atom. The number of rotatable bonds is 0. The van der Waals surface area contributed by atoms with Crippen LogP contribution in [0, 0.1) is 3.70 Å². The molecule has 1 aromatic rings. The van der Waals surface area contributed by atoms with Crippen LogP contribution in [0.2, 0.25) is 5.15 Å². The van der Waals surface area contributed by atoms with Crippen LogP contribution in [0.25, 0.3) is 0 Å². The topological polar surface area (TPSA) is 51.8 Å². The fourth-order valence-electron chi connectivity index (χ4n) is 0.388. The van der Waals surface area contributed by atoms with Crippen molar-refractivity contribution in [3.05, 3.63) is 13.5 Å². The molecule has 1 heterocycles. The summed E-state index contributed by atoms with van der Waals surface area (Å²) in [4.78, 5) is 7.76. The first kappa shape index (κ1) is 8.48. The molecule has 0 amide bonds. The lowest BCUT2D eigenvalue weighted by Crippen LogP contribution is -1.97. The van der Waals surface area contributed by atoms with Crippen LogP contribution in [0.15, 0.2) is 4.60 Å². The van der Waals surface area contributed by atoms with Crippen molar-refractivity contribution in [3.63, 3.8) is 0 Å². The first-order chi connectivity index (χ1) is 4.61. The zero-order valence-corrected chi connectivity index (χ0v) is 9.11. The number of hydrogen-bond acceptors (Lipinski definition) is 3. The Kier molecular flexibility index (Phi) is 2.70. The molecule has 0 saturated heterocycles. The molecular formula is C4H2BrClIN3. The first-order valence-corrected chi connectivity index (χ1v) is 4.50. The van der Waals surface area contributed by atoms with Crippen LogP contribution in [-0.2, 0) is 0 Å². The van der Waals surface area contributed by atoms with Crippen LogP contribution >= 0.6 is 50.1 Å². The van der Waals surface area contributed by atoms with Gasteiger partial charge in [-0.25, -0.2) is 9.97 Å². The number of aromatic nitrogens is 2. The highest BCUT2D eigenvalue weighted by Gasteiger charge is 2.04. The summed E-state index contributed by atoms with van der Waals surface area (Å²) in [5, 5.41) is 0.332. The maximum atomic E-state index is 5.61. The number of nitrogens with zero attached hydrogens (tertiary/aromatic N) is 2. The second-order valence-electron chi connectivity index (χ2n) is 1.48. The van der Waals surface area contributed by atoms with Gasteiger partial charge in [-0.15, -0.1) is 0 Å². The van der Waals surface area contributed by atoms with Crippen molar-refractivity contribution < 1.29 is 0 Å². The van der Waals surface area contributed by atoms with Gasteiger partial charge in [-0.2, -0.15) is 0 Å². The smallest absolute Gasteiger partial charge is 0.163 e. The molecule has 1 rings (SSSR count). The second kappa shape index (κ2) is 3.19. The Balaban J connectivity index is 3.28. The van der Waals surface area contributed by atoms with E-state index in [1.165, 1.54) is 0 Å². The van der Waals surface area contributed by atoms with E-state index >= 15 is 0 Å². The summed E-state index contributed by atoms with van der Waals surface area (Å²) in [6, 6.07) is 0. The van der Waals surface area contributed by atoms with Crippen molar-refractivity contribution in [3.8, 4) is 0 Å².